The first kappa shape index (κ1) is 14.2. The lowest BCUT2D eigenvalue weighted by Crippen LogP contribution is -2.32. The van der Waals surface area contributed by atoms with Crippen LogP contribution in [0.1, 0.15) is 46.5 Å². The summed E-state index contributed by atoms with van der Waals surface area (Å²) in [7, 11) is 0. The smallest absolute Gasteiger partial charge is 0.407 e. The Morgan fingerprint density at radius 3 is 2.33 bits per heavy atom. The molecule has 0 spiro atoms. The van der Waals surface area contributed by atoms with Gasteiger partial charge in [-0.2, -0.15) is 0 Å². The van der Waals surface area contributed by atoms with Crippen molar-refractivity contribution < 1.29 is 9.53 Å². The van der Waals surface area contributed by atoms with E-state index < -0.39 is 5.60 Å². The first-order valence-electron chi connectivity index (χ1n) is 5.57. The van der Waals surface area contributed by atoms with Crippen LogP contribution in [0.4, 0.5) is 4.79 Å². The molecule has 0 aliphatic carbocycles. The maximum Gasteiger partial charge on any atom is 0.407 e. The van der Waals surface area contributed by atoms with E-state index in [2.05, 4.69) is 5.32 Å². The number of amides is 1. The summed E-state index contributed by atoms with van der Waals surface area (Å²) in [5, 5.41) is 2.71. The zero-order valence-electron chi connectivity index (χ0n) is 10.1. The number of carbonyl (C=O) groups excluding carboxylic acids is 1. The maximum atomic E-state index is 11.2. The third-order valence-electron chi connectivity index (χ3n) is 1.77. The van der Waals surface area contributed by atoms with Crippen molar-refractivity contribution in [3.63, 3.8) is 0 Å². The molecule has 4 heteroatoms. The number of alkyl carbamates (subject to hydrolysis) is 1. The van der Waals surface area contributed by atoms with Gasteiger partial charge >= 0.3 is 6.09 Å². The first-order valence-corrected chi connectivity index (χ1v) is 5.57. The lowest BCUT2D eigenvalue weighted by Gasteiger charge is -2.19. The monoisotopic (exact) mass is 215 g/mol. The molecule has 0 aliphatic heterocycles. The lowest BCUT2D eigenvalue weighted by molar-refractivity contribution is 0.0527. The molecule has 0 saturated carbocycles. The minimum atomic E-state index is -0.421. The number of ether oxygens (including phenoxy) is 1. The van der Waals surface area contributed by atoms with Gasteiger partial charge in [-0.05, 0) is 33.6 Å². The van der Waals surface area contributed by atoms with Gasteiger partial charge in [-0.1, -0.05) is 12.8 Å². The Morgan fingerprint density at radius 2 is 1.80 bits per heavy atom. The molecule has 0 rings (SSSR count). The summed E-state index contributed by atoms with van der Waals surface area (Å²) in [6.45, 7) is 6.70. The summed E-state index contributed by atoms with van der Waals surface area (Å²) >= 11 is 0. The quantitative estimate of drug-likeness (QED) is 0.691. The van der Waals surface area contributed by atoms with Crippen LogP contribution in [0.3, 0.4) is 0 Å². The van der Waals surface area contributed by atoms with Gasteiger partial charge in [-0.3, -0.25) is 5.73 Å². The minimum absolute atomic E-state index is 0.344. The number of hydrogen-bond donors (Lipinski definition) is 1. The largest absolute Gasteiger partial charge is 0.444 e. The summed E-state index contributed by atoms with van der Waals surface area (Å²) in [4.78, 5) is 11.2. The molecule has 0 unspecified atom stereocenters. The van der Waals surface area contributed by atoms with Crippen molar-refractivity contribution in [2.75, 3.05) is 13.1 Å². The van der Waals surface area contributed by atoms with E-state index in [-0.39, 0.29) is 6.09 Å². The standard InChI is InChI=1S/C11H23N2O2/c1-11(2,3)15-10(14)13-9-7-5-4-6-8-12/h12H,4-9H2,1-3H3,(H,13,14). The van der Waals surface area contributed by atoms with Gasteiger partial charge in [0.2, 0.25) is 0 Å². The van der Waals surface area contributed by atoms with Crippen LogP contribution in [0.15, 0.2) is 0 Å². The second-order valence-electron chi connectivity index (χ2n) is 4.59. The average molecular weight is 215 g/mol. The minimum Gasteiger partial charge on any atom is -0.444 e. The van der Waals surface area contributed by atoms with Gasteiger partial charge in [-0.15, -0.1) is 0 Å². The summed E-state index contributed by atoms with van der Waals surface area (Å²) in [5.41, 5.74) is 6.54. The van der Waals surface area contributed by atoms with Crippen LogP contribution in [0.25, 0.3) is 0 Å². The molecule has 0 fully saturated rings. The molecular weight excluding hydrogens is 192 g/mol. The van der Waals surface area contributed by atoms with Gasteiger partial charge in [-0.25, -0.2) is 4.79 Å². The van der Waals surface area contributed by atoms with Crippen LogP contribution in [0.5, 0.6) is 0 Å². The predicted octanol–water partition coefficient (Wildman–Crippen LogP) is 2.35. The molecule has 1 amide bonds. The molecule has 15 heavy (non-hydrogen) atoms. The summed E-state index contributed by atoms with van der Waals surface area (Å²) in [5.74, 6) is 0. The van der Waals surface area contributed by atoms with E-state index in [1.165, 1.54) is 0 Å². The van der Waals surface area contributed by atoms with E-state index in [0.717, 1.165) is 25.7 Å². The third kappa shape index (κ3) is 11.2. The van der Waals surface area contributed by atoms with Crippen LogP contribution in [0, 0.1) is 0 Å². The number of unbranched alkanes of at least 4 members (excludes halogenated alkanes) is 3. The highest BCUT2D eigenvalue weighted by Crippen LogP contribution is 2.06. The number of hydrogen-bond acceptors (Lipinski definition) is 2. The Balaban J connectivity index is 3.32. The van der Waals surface area contributed by atoms with E-state index >= 15 is 0 Å². The topological polar surface area (TPSA) is 62.1 Å². The SMILES string of the molecule is CC(C)(C)OC(=O)NCCCCCC[NH]. The average Bonchev–Trinajstić information content (AvgIpc) is 2.08. The molecule has 0 atom stereocenters. The molecule has 0 saturated heterocycles. The Morgan fingerprint density at radius 1 is 1.20 bits per heavy atom. The predicted molar refractivity (Wildman–Crippen MR) is 60.7 cm³/mol. The van der Waals surface area contributed by atoms with E-state index in [9.17, 15) is 4.79 Å². The zero-order chi connectivity index (χ0) is 11.7. The number of carbonyl (C=O) groups is 1. The fourth-order valence-corrected chi connectivity index (χ4v) is 1.11. The molecule has 2 N–H and O–H groups in total. The van der Waals surface area contributed by atoms with Crippen molar-refractivity contribution in [3.8, 4) is 0 Å². The molecule has 89 valence electrons. The van der Waals surface area contributed by atoms with E-state index in [1.54, 1.807) is 0 Å². The Bertz CT molecular complexity index is 176. The second-order valence-corrected chi connectivity index (χ2v) is 4.59. The number of nitrogens with one attached hydrogen (secondary N) is 2. The molecule has 0 aromatic rings. The van der Waals surface area contributed by atoms with Crippen molar-refractivity contribution in [1.29, 1.82) is 0 Å². The normalized spacial score (nSPS) is 11.2. The Labute approximate surface area is 92.6 Å². The zero-order valence-corrected chi connectivity index (χ0v) is 10.1. The fourth-order valence-electron chi connectivity index (χ4n) is 1.11. The highest BCUT2D eigenvalue weighted by atomic mass is 16.6. The molecule has 0 aromatic heterocycles. The van der Waals surface area contributed by atoms with Crippen LogP contribution >= 0.6 is 0 Å². The van der Waals surface area contributed by atoms with Crippen molar-refractivity contribution in [2.45, 2.75) is 52.1 Å². The summed E-state index contributed by atoms with van der Waals surface area (Å²) < 4.78 is 5.09. The van der Waals surface area contributed by atoms with Crippen LogP contribution in [0.2, 0.25) is 0 Å². The third-order valence-corrected chi connectivity index (χ3v) is 1.77. The molecule has 0 bridgehead atoms. The van der Waals surface area contributed by atoms with E-state index in [1.807, 2.05) is 20.8 Å². The van der Waals surface area contributed by atoms with Crippen molar-refractivity contribution in [1.82, 2.24) is 11.1 Å². The highest BCUT2D eigenvalue weighted by molar-refractivity contribution is 5.67. The van der Waals surface area contributed by atoms with Crippen molar-refractivity contribution in [3.05, 3.63) is 0 Å². The molecule has 0 aromatic carbocycles. The van der Waals surface area contributed by atoms with Crippen molar-refractivity contribution >= 4 is 6.09 Å². The van der Waals surface area contributed by atoms with Gasteiger partial charge in [0.15, 0.2) is 0 Å². The van der Waals surface area contributed by atoms with Crippen LogP contribution < -0.4 is 11.1 Å². The van der Waals surface area contributed by atoms with Gasteiger partial charge in [0.25, 0.3) is 0 Å². The molecule has 4 nitrogen and oxygen atoms in total. The molecular formula is C11H23N2O2. The maximum absolute atomic E-state index is 11.2. The van der Waals surface area contributed by atoms with Gasteiger partial charge < -0.3 is 10.1 Å². The van der Waals surface area contributed by atoms with E-state index in [0.29, 0.717) is 13.1 Å². The highest BCUT2D eigenvalue weighted by Gasteiger charge is 2.15. The Kier molecular flexibility index (Phi) is 7.13. The summed E-state index contributed by atoms with van der Waals surface area (Å²) in [6.07, 6.45) is 3.70. The number of rotatable bonds is 6. The lowest BCUT2D eigenvalue weighted by atomic mass is 10.2. The fraction of sp³-hybridized carbons (Fsp3) is 0.909. The van der Waals surface area contributed by atoms with Crippen molar-refractivity contribution in [2.24, 2.45) is 0 Å². The van der Waals surface area contributed by atoms with Crippen LogP contribution in [-0.2, 0) is 4.74 Å². The van der Waals surface area contributed by atoms with Crippen LogP contribution in [-0.4, -0.2) is 24.8 Å². The first-order chi connectivity index (χ1) is 6.95. The molecule has 0 aliphatic rings. The van der Waals surface area contributed by atoms with Gasteiger partial charge in [0, 0.05) is 13.1 Å². The molecule has 0 heterocycles. The van der Waals surface area contributed by atoms with E-state index in [4.69, 9.17) is 10.5 Å². The molecule has 1 radical (unpaired) electrons. The van der Waals surface area contributed by atoms with Gasteiger partial charge in [0.05, 0.1) is 0 Å². The summed E-state index contributed by atoms with van der Waals surface area (Å²) in [6, 6.07) is 0. The second kappa shape index (κ2) is 7.51. The Hall–Kier alpha value is -0.770. The van der Waals surface area contributed by atoms with Gasteiger partial charge in [0.1, 0.15) is 5.60 Å².